The number of para-hydroxylation sites is 3. The molecule has 0 spiro atoms. The number of ether oxygens (including phenoxy) is 2. The van der Waals surface area contributed by atoms with Gasteiger partial charge in [0.05, 0.1) is 12.8 Å². The Morgan fingerprint density at radius 1 is 0.860 bits per heavy atom. The van der Waals surface area contributed by atoms with Gasteiger partial charge in [-0.05, 0) is 55.0 Å². The van der Waals surface area contributed by atoms with Gasteiger partial charge in [-0.3, -0.25) is 9.69 Å². The second-order valence-electron chi connectivity index (χ2n) is 10.9. The molecule has 2 heterocycles. The summed E-state index contributed by atoms with van der Waals surface area (Å²) in [6.07, 6.45) is 2.57. The number of piperazine rings is 1. The smallest absolute Gasteiger partial charge is 0.195 e. The van der Waals surface area contributed by atoms with Crippen molar-refractivity contribution in [1.82, 2.24) is 9.88 Å². The molecule has 5 aromatic rings. The van der Waals surface area contributed by atoms with Crippen LogP contribution < -0.4 is 14.4 Å². The predicted octanol–water partition coefficient (Wildman–Crippen LogP) is 7.47. The highest BCUT2D eigenvalue weighted by Crippen LogP contribution is 2.30. The third kappa shape index (κ3) is 6.87. The van der Waals surface area contributed by atoms with Gasteiger partial charge in [-0.25, -0.2) is 0 Å². The van der Waals surface area contributed by atoms with Gasteiger partial charge in [0.2, 0.25) is 0 Å². The Kier molecular flexibility index (Phi) is 9.70. The fourth-order valence-corrected chi connectivity index (χ4v) is 5.74. The lowest BCUT2D eigenvalue weighted by atomic mass is 10.0. The fraction of sp³-hybridized carbons (Fsp3) is 0.250. The van der Waals surface area contributed by atoms with Gasteiger partial charge in [-0.1, -0.05) is 60.2 Å². The molecule has 6 nitrogen and oxygen atoms in total. The van der Waals surface area contributed by atoms with Crippen LogP contribution in [0.15, 0.2) is 103 Å². The van der Waals surface area contributed by atoms with Gasteiger partial charge in [0, 0.05) is 67.4 Å². The van der Waals surface area contributed by atoms with Crippen LogP contribution in [-0.2, 0) is 0 Å². The third-order valence-corrected chi connectivity index (χ3v) is 8.18. The Bertz CT molecular complexity index is 1640. The summed E-state index contributed by atoms with van der Waals surface area (Å²) in [6, 6.07) is 32.3. The van der Waals surface area contributed by atoms with E-state index in [0.29, 0.717) is 11.1 Å². The Labute approximate surface area is 259 Å². The number of hydrogen-bond acceptors (Lipinski definition) is 5. The highest BCUT2D eigenvalue weighted by Gasteiger charge is 2.22. The summed E-state index contributed by atoms with van der Waals surface area (Å²) in [6.45, 7) is 6.94. The number of benzene rings is 4. The lowest BCUT2D eigenvalue weighted by molar-refractivity contribution is 0.104. The summed E-state index contributed by atoms with van der Waals surface area (Å²) in [5, 5.41) is 0.936. The van der Waals surface area contributed by atoms with Gasteiger partial charge >= 0.3 is 0 Å². The fourth-order valence-electron chi connectivity index (χ4n) is 5.74. The van der Waals surface area contributed by atoms with E-state index in [4.69, 9.17) is 9.47 Å². The van der Waals surface area contributed by atoms with E-state index in [-0.39, 0.29) is 24.3 Å². The van der Waals surface area contributed by atoms with Crippen molar-refractivity contribution in [3.8, 4) is 11.5 Å². The number of methoxy groups -OCH3 is 1. The van der Waals surface area contributed by atoms with E-state index < -0.39 is 0 Å². The number of aryl methyl sites for hydroxylation is 1. The lowest BCUT2D eigenvalue weighted by Crippen LogP contribution is -2.47. The monoisotopic (exact) mass is 595 g/mol. The summed E-state index contributed by atoms with van der Waals surface area (Å²) in [7, 11) is 1.73. The normalized spacial score (nSPS) is 14.2. The van der Waals surface area contributed by atoms with Crippen LogP contribution in [0.1, 0.15) is 39.6 Å². The van der Waals surface area contributed by atoms with Gasteiger partial charge in [0.15, 0.2) is 5.78 Å². The second-order valence-corrected chi connectivity index (χ2v) is 10.9. The van der Waals surface area contributed by atoms with Gasteiger partial charge in [-0.15, -0.1) is 12.4 Å². The second kappa shape index (κ2) is 13.8. The highest BCUT2D eigenvalue weighted by atomic mass is 35.5. The summed E-state index contributed by atoms with van der Waals surface area (Å²) in [5.41, 5.74) is 5.84. The molecule has 1 N–H and O–H groups in total. The average Bonchev–Trinajstić information content (AvgIpc) is 3.48. The van der Waals surface area contributed by atoms with Crippen molar-refractivity contribution >= 4 is 34.8 Å². The quantitative estimate of drug-likeness (QED) is 0.170. The number of nitrogens with one attached hydrogen (secondary N) is 1. The zero-order valence-electron chi connectivity index (χ0n) is 24.7. The largest absolute Gasteiger partial charge is 0.495 e. The van der Waals surface area contributed by atoms with Crippen LogP contribution in [0.3, 0.4) is 0 Å². The molecule has 1 aliphatic rings. The molecule has 4 aromatic carbocycles. The first-order chi connectivity index (χ1) is 20.6. The molecule has 7 heteroatoms. The Balaban J connectivity index is 0.00000368. The van der Waals surface area contributed by atoms with E-state index in [1.165, 1.54) is 5.56 Å². The van der Waals surface area contributed by atoms with Crippen LogP contribution in [0.25, 0.3) is 10.9 Å². The molecule has 1 unspecified atom stereocenters. The SMILES string of the molecule is COc1ccccc1N1CCN(CCC(Oc2ccc(C(=O)c3c[nH]c4ccccc34)cc2)c2ccc(C)cc2)CC1.Cl. The van der Waals surface area contributed by atoms with E-state index in [1.54, 1.807) is 13.3 Å². The molecule has 1 saturated heterocycles. The van der Waals surface area contributed by atoms with Crippen LogP contribution in [0.5, 0.6) is 11.5 Å². The first-order valence-corrected chi connectivity index (χ1v) is 14.6. The number of aromatic amines is 1. The summed E-state index contributed by atoms with van der Waals surface area (Å²) < 4.78 is 12.2. The molecular formula is C36H38ClN3O3. The van der Waals surface area contributed by atoms with E-state index in [0.717, 1.165) is 72.8 Å². The average molecular weight is 596 g/mol. The number of anilines is 1. The number of halogens is 1. The number of carbonyl (C=O) groups excluding carboxylic acids is 1. The number of ketones is 1. The molecule has 1 fully saturated rings. The summed E-state index contributed by atoms with van der Waals surface area (Å²) in [5.74, 6) is 1.69. The minimum Gasteiger partial charge on any atom is -0.495 e. The Hall–Kier alpha value is -4.26. The van der Waals surface area contributed by atoms with Crippen molar-refractivity contribution in [2.75, 3.05) is 44.7 Å². The van der Waals surface area contributed by atoms with Crippen LogP contribution in [0.2, 0.25) is 0 Å². The summed E-state index contributed by atoms with van der Waals surface area (Å²) in [4.78, 5) is 21.4. The van der Waals surface area contributed by atoms with E-state index in [2.05, 4.69) is 58.1 Å². The third-order valence-electron chi connectivity index (χ3n) is 8.18. The number of carbonyl (C=O) groups is 1. The number of rotatable bonds is 10. The van der Waals surface area contributed by atoms with Crippen LogP contribution >= 0.6 is 12.4 Å². The molecule has 43 heavy (non-hydrogen) atoms. The number of aromatic nitrogens is 1. The van der Waals surface area contributed by atoms with Gasteiger partial charge in [0.1, 0.15) is 17.6 Å². The molecule has 0 saturated carbocycles. The standard InChI is InChI=1S/C36H37N3O3.ClH/c1-26-11-13-27(14-12-26)34(19-20-38-21-23-39(24-22-38)33-9-5-6-10-35(33)41-2)42-29-17-15-28(16-18-29)36(40)31-25-37-32-8-4-3-7-30(31)32;/h3-18,25,34,37H,19-24H2,1-2H3;1H. The number of H-pyrrole nitrogens is 1. The van der Waals surface area contributed by atoms with Crippen molar-refractivity contribution in [2.24, 2.45) is 0 Å². The van der Waals surface area contributed by atoms with Gasteiger partial charge < -0.3 is 19.4 Å². The predicted molar refractivity (Wildman–Crippen MR) is 176 cm³/mol. The first kappa shape index (κ1) is 30.2. The minimum absolute atomic E-state index is 0. The molecule has 0 aliphatic carbocycles. The van der Waals surface area contributed by atoms with Crippen molar-refractivity contribution in [3.63, 3.8) is 0 Å². The lowest BCUT2D eigenvalue weighted by Gasteiger charge is -2.37. The van der Waals surface area contributed by atoms with E-state index in [9.17, 15) is 4.79 Å². The number of nitrogens with zero attached hydrogens (tertiary/aromatic N) is 2. The highest BCUT2D eigenvalue weighted by molar-refractivity contribution is 6.16. The van der Waals surface area contributed by atoms with Gasteiger partial charge in [0.25, 0.3) is 0 Å². The maximum atomic E-state index is 13.3. The van der Waals surface area contributed by atoms with Crippen LogP contribution in [0, 0.1) is 6.92 Å². The van der Waals surface area contributed by atoms with Crippen LogP contribution in [-0.4, -0.2) is 55.5 Å². The zero-order chi connectivity index (χ0) is 28.9. The molecule has 1 aliphatic heterocycles. The van der Waals surface area contributed by atoms with Crippen molar-refractivity contribution in [2.45, 2.75) is 19.4 Å². The van der Waals surface area contributed by atoms with Gasteiger partial charge in [-0.2, -0.15) is 0 Å². The molecule has 1 aromatic heterocycles. The minimum atomic E-state index is -0.0898. The molecule has 6 rings (SSSR count). The maximum absolute atomic E-state index is 13.3. The summed E-state index contributed by atoms with van der Waals surface area (Å²) >= 11 is 0. The number of fused-ring (bicyclic) bond motifs is 1. The van der Waals surface area contributed by atoms with Crippen molar-refractivity contribution < 1.29 is 14.3 Å². The Morgan fingerprint density at radius 2 is 1.56 bits per heavy atom. The maximum Gasteiger partial charge on any atom is 0.195 e. The molecule has 0 bridgehead atoms. The topological polar surface area (TPSA) is 57.8 Å². The molecule has 1 atom stereocenters. The first-order valence-electron chi connectivity index (χ1n) is 14.6. The number of hydrogen-bond donors (Lipinski definition) is 1. The van der Waals surface area contributed by atoms with Crippen molar-refractivity contribution in [1.29, 1.82) is 0 Å². The molecule has 222 valence electrons. The molecular weight excluding hydrogens is 558 g/mol. The molecule has 0 radical (unpaired) electrons. The van der Waals surface area contributed by atoms with Crippen molar-refractivity contribution in [3.05, 3.63) is 126 Å². The van der Waals surface area contributed by atoms with E-state index in [1.807, 2.05) is 60.7 Å². The zero-order valence-corrected chi connectivity index (χ0v) is 25.5. The van der Waals surface area contributed by atoms with E-state index >= 15 is 0 Å². The Morgan fingerprint density at radius 3 is 2.30 bits per heavy atom. The van der Waals surface area contributed by atoms with Crippen LogP contribution in [0.4, 0.5) is 5.69 Å². The molecule has 0 amide bonds.